The topological polar surface area (TPSA) is 24.5 Å². The van der Waals surface area contributed by atoms with Gasteiger partial charge in [-0.2, -0.15) is 0 Å². The number of rotatable bonds is 3. The van der Waals surface area contributed by atoms with Crippen LogP contribution in [0.3, 0.4) is 0 Å². The Balaban J connectivity index is 1.88. The highest BCUT2D eigenvalue weighted by Gasteiger charge is 2.35. The molecule has 2 atom stereocenters. The van der Waals surface area contributed by atoms with Gasteiger partial charge in [-0.1, -0.05) is 12.1 Å². The predicted molar refractivity (Wildman–Crippen MR) is 74.4 cm³/mol. The zero-order valence-electron chi connectivity index (χ0n) is 11.1. The summed E-state index contributed by atoms with van der Waals surface area (Å²) in [5.41, 5.74) is 1.28. The fourth-order valence-corrected chi connectivity index (χ4v) is 3.36. The smallest absolute Gasteiger partial charge is 0.142 e. The Bertz CT molecular complexity index is 407. The number of hydrogen-bond donors (Lipinski definition) is 1. The number of fused-ring (bicyclic) bond motifs is 1. The first-order chi connectivity index (χ1) is 8.90. The number of ether oxygens (including phenoxy) is 1. The number of anilines is 1. The molecule has 1 saturated carbocycles. The van der Waals surface area contributed by atoms with Gasteiger partial charge in [0.2, 0.25) is 0 Å². The first-order valence-corrected chi connectivity index (χ1v) is 7.12. The molecule has 2 fully saturated rings. The van der Waals surface area contributed by atoms with Crippen LogP contribution in [-0.4, -0.2) is 31.8 Å². The van der Waals surface area contributed by atoms with Crippen LogP contribution in [0.5, 0.6) is 5.75 Å². The van der Waals surface area contributed by atoms with Crippen LogP contribution in [-0.2, 0) is 0 Å². The maximum absolute atomic E-state index is 5.78. The molecular weight excluding hydrogens is 224 g/mol. The van der Waals surface area contributed by atoms with Gasteiger partial charge in [-0.3, -0.25) is 0 Å². The first kappa shape index (κ1) is 11.8. The van der Waals surface area contributed by atoms with E-state index in [-0.39, 0.29) is 0 Å². The third-order valence-corrected chi connectivity index (χ3v) is 4.11. The quantitative estimate of drug-likeness (QED) is 0.886. The predicted octanol–water partition coefficient (Wildman–Crippen LogP) is 2.42. The summed E-state index contributed by atoms with van der Waals surface area (Å²) in [4.78, 5) is 2.55. The van der Waals surface area contributed by atoms with E-state index in [2.05, 4.69) is 34.5 Å². The minimum Gasteiger partial charge on any atom is -0.492 e. The lowest BCUT2D eigenvalue weighted by atomic mass is 10.1. The molecule has 0 bridgehead atoms. The van der Waals surface area contributed by atoms with Gasteiger partial charge < -0.3 is 15.0 Å². The van der Waals surface area contributed by atoms with Crippen LogP contribution < -0.4 is 15.0 Å². The lowest BCUT2D eigenvalue weighted by Gasteiger charge is -2.40. The van der Waals surface area contributed by atoms with Crippen LogP contribution in [0.25, 0.3) is 0 Å². The Labute approximate surface area is 109 Å². The third-order valence-electron chi connectivity index (χ3n) is 4.11. The molecule has 0 unspecified atom stereocenters. The molecule has 0 aromatic heterocycles. The number of hydrogen-bond acceptors (Lipinski definition) is 3. The highest BCUT2D eigenvalue weighted by Crippen LogP contribution is 2.35. The van der Waals surface area contributed by atoms with Crippen LogP contribution in [0.4, 0.5) is 5.69 Å². The summed E-state index contributed by atoms with van der Waals surface area (Å²) in [6, 6.07) is 9.79. The van der Waals surface area contributed by atoms with Crippen molar-refractivity contribution < 1.29 is 4.74 Å². The van der Waals surface area contributed by atoms with Gasteiger partial charge in [-0.15, -0.1) is 0 Å². The van der Waals surface area contributed by atoms with Crippen molar-refractivity contribution in [2.45, 2.75) is 38.3 Å². The molecule has 98 valence electrons. The fourth-order valence-electron chi connectivity index (χ4n) is 3.36. The molecule has 1 aromatic carbocycles. The molecule has 0 spiro atoms. The summed E-state index contributed by atoms with van der Waals surface area (Å²) in [5.74, 6) is 1.03. The van der Waals surface area contributed by atoms with Crippen LogP contribution >= 0.6 is 0 Å². The largest absolute Gasteiger partial charge is 0.492 e. The highest BCUT2D eigenvalue weighted by atomic mass is 16.5. The lowest BCUT2D eigenvalue weighted by molar-refractivity contribution is 0.335. The standard InChI is InChI=1S/C15H22N2O/c1-2-18-15-9-4-3-7-14(15)17-11-10-16-12-6-5-8-13(12)17/h3-4,7,9,12-13,16H,2,5-6,8,10-11H2,1H3/t12-,13+/m0/s1. The van der Waals surface area contributed by atoms with E-state index in [0.29, 0.717) is 12.1 Å². The zero-order valence-corrected chi connectivity index (χ0v) is 11.1. The number of nitrogens with one attached hydrogen (secondary N) is 1. The molecule has 0 amide bonds. The van der Waals surface area contributed by atoms with Crippen molar-refractivity contribution in [3.63, 3.8) is 0 Å². The average Bonchev–Trinajstić information content (AvgIpc) is 2.88. The molecule has 1 saturated heterocycles. The maximum Gasteiger partial charge on any atom is 0.142 e. The molecule has 3 nitrogen and oxygen atoms in total. The molecule has 0 radical (unpaired) electrons. The summed E-state index contributed by atoms with van der Waals surface area (Å²) in [7, 11) is 0. The third kappa shape index (κ3) is 2.07. The number of para-hydroxylation sites is 2. The molecule has 18 heavy (non-hydrogen) atoms. The Kier molecular flexibility index (Phi) is 3.41. The van der Waals surface area contributed by atoms with Crippen molar-refractivity contribution >= 4 is 5.69 Å². The monoisotopic (exact) mass is 246 g/mol. The summed E-state index contributed by atoms with van der Waals surface area (Å²) in [6.07, 6.45) is 3.96. The second-order valence-electron chi connectivity index (χ2n) is 5.15. The van der Waals surface area contributed by atoms with Gasteiger partial charge in [0.05, 0.1) is 12.3 Å². The Morgan fingerprint density at radius 2 is 2.22 bits per heavy atom. The van der Waals surface area contributed by atoms with E-state index in [0.717, 1.165) is 25.4 Å². The molecular formula is C15H22N2O. The van der Waals surface area contributed by atoms with Crippen LogP contribution in [0.1, 0.15) is 26.2 Å². The van der Waals surface area contributed by atoms with Gasteiger partial charge in [0, 0.05) is 25.2 Å². The van der Waals surface area contributed by atoms with Crippen molar-refractivity contribution in [1.29, 1.82) is 0 Å². The molecule has 1 aliphatic heterocycles. The van der Waals surface area contributed by atoms with E-state index >= 15 is 0 Å². The van der Waals surface area contributed by atoms with Gasteiger partial charge in [-0.05, 0) is 38.3 Å². The molecule has 1 aliphatic carbocycles. The van der Waals surface area contributed by atoms with Gasteiger partial charge in [0.1, 0.15) is 5.75 Å². The second kappa shape index (κ2) is 5.19. The van der Waals surface area contributed by atoms with Crippen molar-refractivity contribution in [2.24, 2.45) is 0 Å². The minimum absolute atomic E-state index is 0.653. The summed E-state index contributed by atoms with van der Waals surface area (Å²) < 4.78 is 5.78. The van der Waals surface area contributed by atoms with Crippen molar-refractivity contribution in [1.82, 2.24) is 5.32 Å². The van der Waals surface area contributed by atoms with E-state index < -0.39 is 0 Å². The van der Waals surface area contributed by atoms with Gasteiger partial charge in [0.15, 0.2) is 0 Å². The summed E-state index contributed by atoms with van der Waals surface area (Å²) in [5, 5.41) is 3.65. The van der Waals surface area contributed by atoms with Crippen LogP contribution in [0.15, 0.2) is 24.3 Å². The normalized spacial score (nSPS) is 27.1. The zero-order chi connectivity index (χ0) is 12.4. The highest BCUT2D eigenvalue weighted by molar-refractivity contribution is 5.60. The molecule has 3 heteroatoms. The average molecular weight is 246 g/mol. The number of nitrogens with zero attached hydrogens (tertiary/aromatic N) is 1. The molecule has 1 heterocycles. The molecule has 1 aromatic rings. The minimum atomic E-state index is 0.653. The van der Waals surface area contributed by atoms with E-state index in [9.17, 15) is 0 Å². The van der Waals surface area contributed by atoms with E-state index in [1.165, 1.54) is 24.9 Å². The Morgan fingerprint density at radius 1 is 1.33 bits per heavy atom. The van der Waals surface area contributed by atoms with Crippen molar-refractivity contribution in [3.8, 4) is 5.75 Å². The number of benzene rings is 1. The molecule has 2 aliphatic rings. The van der Waals surface area contributed by atoms with Gasteiger partial charge in [-0.25, -0.2) is 0 Å². The van der Waals surface area contributed by atoms with Crippen molar-refractivity contribution in [2.75, 3.05) is 24.6 Å². The maximum atomic E-state index is 5.78. The van der Waals surface area contributed by atoms with Crippen molar-refractivity contribution in [3.05, 3.63) is 24.3 Å². The van der Waals surface area contributed by atoms with Crippen LogP contribution in [0, 0.1) is 0 Å². The van der Waals surface area contributed by atoms with Gasteiger partial charge >= 0.3 is 0 Å². The summed E-state index contributed by atoms with van der Waals surface area (Å²) >= 11 is 0. The second-order valence-corrected chi connectivity index (χ2v) is 5.15. The fraction of sp³-hybridized carbons (Fsp3) is 0.600. The SMILES string of the molecule is CCOc1ccccc1N1CCN[C@H]2CCC[C@H]21. The first-order valence-electron chi connectivity index (χ1n) is 7.12. The van der Waals surface area contributed by atoms with Crippen LogP contribution in [0.2, 0.25) is 0 Å². The van der Waals surface area contributed by atoms with E-state index in [1.807, 2.05) is 6.92 Å². The van der Waals surface area contributed by atoms with E-state index in [4.69, 9.17) is 4.74 Å². The molecule has 3 rings (SSSR count). The van der Waals surface area contributed by atoms with E-state index in [1.54, 1.807) is 0 Å². The van der Waals surface area contributed by atoms with Gasteiger partial charge in [0.25, 0.3) is 0 Å². The Morgan fingerprint density at radius 3 is 3.11 bits per heavy atom. The Hall–Kier alpha value is -1.22. The number of piperazine rings is 1. The lowest BCUT2D eigenvalue weighted by Crippen LogP contribution is -2.55. The summed E-state index contributed by atoms with van der Waals surface area (Å²) in [6.45, 7) is 4.96. The molecule has 1 N–H and O–H groups in total.